The first kappa shape index (κ1) is 16.3. The van der Waals surface area contributed by atoms with Crippen molar-refractivity contribution in [3.63, 3.8) is 0 Å². The van der Waals surface area contributed by atoms with Crippen molar-refractivity contribution in [2.45, 2.75) is 44.1 Å². The summed E-state index contributed by atoms with van der Waals surface area (Å²) in [5.74, 6) is -3.74. The molecule has 1 aliphatic rings. The van der Waals surface area contributed by atoms with Gasteiger partial charge in [0.2, 0.25) is 0 Å². The van der Waals surface area contributed by atoms with Crippen molar-refractivity contribution < 1.29 is 13.6 Å². The van der Waals surface area contributed by atoms with Gasteiger partial charge in [0.1, 0.15) is 11.2 Å². The number of aromatic nitrogens is 3. The molecule has 0 saturated heterocycles. The molecule has 1 unspecified atom stereocenters. The minimum Gasteiger partial charge on any atom is -0.341 e. The summed E-state index contributed by atoms with van der Waals surface area (Å²) in [6.07, 6.45) is 2.04. The molecule has 0 spiro atoms. The summed E-state index contributed by atoms with van der Waals surface area (Å²) in [6, 6.07) is 1.22. The Morgan fingerprint density at radius 2 is 1.96 bits per heavy atom. The van der Waals surface area contributed by atoms with Gasteiger partial charge in [0.25, 0.3) is 17.4 Å². The van der Waals surface area contributed by atoms with Gasteiger partial charge in [-0.3, -0.25) is 19.6 Å². The highest BCUT2D eigenvalue weighted by atomic mass is 19.3. The second-order valence-electron chi connectivity index (χ2n) is 6.23. The van der Waals surface area contributed by atoms with Crippen LogP contribution in [0.5, 0.6) is 0 Å². The van der Waals surface area contributed by atoms with E-state index < -0.39 is 28.6 Å². The van der Waals surface area contributed by atoms with Gasteiger partial charge in [-0.25, -0.2) is 18.6 Å². The number of fused-ring (bicyclic) bond motifs is 1. The highest BCUT2D eigenvalue weighted by molar-refractivity contribution is 5.97. The minimum atomic E-state index is -3.01. The maximum absolute atomic E-state index is 14.2. The van der Waals surface area contributed by atoms with Crippen LogP contribution in [0, 0.1) is 0 Å². The number of hydrogen-bond donors (Lipinski definition) is 3. The Balaban J connectivity index is 1.94. The fraction of sp³-hybridized carbons (Fsp3) is 0.467. The summed E-state index contributed by atoms with van der Waals surface area (Å²) in [5, 5.41) is 2.39. The summed E-state index contributed by atoms with van der Waals surface area (Å²) in [5.41, 5.74) is -3.07. The molecule has 1 atom stereocenters. The Hall–Kier alpha value is -2.58. The lowest BCUT2D eigenvalue weighted by Gasteiger charge is -2.41. The topological polar surface area (TPSA) is 108 Å². The largest absolute Gasteiger partial charge is 0.341 e. The third kappa shape index (κ3) is 2.70. The van der Waals surface area contributed by atoms with Crippen LogP contribution in [0.2, 0.25) is 0 Å². The molecule has 2 heterocycles. The first-order chi connectivity index (χ1) is 11.2. The molecule has 3 N–H and O–H groups in total. The molecule has 3 rings (SSSR count). The Kier molecular flexibility index (Phi) is 3.73. The zero-order valence-electron chi connectivity index (χ0n) is 12.9. The van der Waals surface area contributed by atoms with Crippen molar-refractivity contribution in [2.75, 3.05) is 0 Å². The fourth-order valence-electron chi connectivity index (χ4n) is 2.93. The molecular weight excluding hydrogens is 322 g/mol. The highest BCUT2D eigenvalue weighted by Gasteiger charge is 2.52. The second-order valence-corrected chi connectivity index (χ2v) is 6.23. The molecule has 128 valence electrons. The maximum Gasteiger partial charge on any atom is 0.327 e. The van der Waals surface area contributed by atoms with Gasteiger partial charge >= 0.3 is 5.69 Å². The monoisotopic (exact) mass is 338 g/mol. The van der Waals surface area contributed by atoms with E-state index in [9.17, 15) is 23.2 Å². The van der Waals surface area contributed by atoms with Gasteiger partial charge in [-0.15, -0.1) is 0 Å². The van der Waals surface area contributed by atoms with Crippen molar-refractivity contribution >= 4 is 16.9 Å². The molecule has 24 heavy (non-hydrogen) atoms. The number of amides is 1. The van der Waals surface area contributed by atoms with Crippen LogP contribution in [0.4, 0.5) is 8.78 Å². The molecule has 0 bridgehead atoms. The van der Waals surface area contributed by atoms with E-state index in [4.69, 9.17) is 0 Å². The number of alkyl halides is 2. The van der Waals surface area contributed by atoms with Gasteiger partial charge in [0, 0.05) is 12.6 Å². The number of aromatic amines is 2. The van der Waals surface area contributed by atoms with Crippen LogP contribution in [0.25, 0.3) is 11.0 Å². The number of halogens is 2. The van der Waals surface area contributed by atoms with E-state index in [1.54, 1.807) is 0 Å². The number of hydrogen-bond acceptors (Lipinski definition) is 4. The number of nitrogens with zero attached hydrogens (tertiary/aromatic N) is 1. The molecule has 1 fully saturated rings. The zero-order valence-corrected chi connectivity index (χ0v) is 12.9. The number of nitrogens with one attached hydrogen (secondary N) is 3. The van der Waals surface area contributed by atoms with Crippen LogP contribution in [-0.2, 0) is 0 Å². The summed E-state index contributed by atoms with van der Waals surface area (Å²) in [4.78, 5) is 43.5. The summed E-state index contributed by atoms with van der Waals surface area (Å²) < 4.78 is 28.3. The Morgan fingerprint density at radius 3 is 2.67 bits per heavy atom. The number of H-pyrrole nitrogens is 2. The van der Waals surface area contributed by atoms with Crippen LogP contribution in [0.3, 0.4) is 0 Å². The van der Waals surface area contributed by atoms with Crippen molar-refractivity contribution in [2.24, 2.45) is 0 Å². The first-order valence-electron chi connectivity index (χ1n) is 7.55. The minimum absolute atomic E-state index is 0.00260. The van der Waals surface area contributed by atoms with Crippen molar-refractivity contribution in [3.8, 4) is 0 Å². The van der Waals surface area contributed by atoms with Gasteiger partial charge in [0.15, 0.2) is 0 Å². The molecule has 7 nitrogen and oxygen atoms in total. The molecule has 0 radical (unpaired) electrons. The van der Waals surface area contributed by atoms with E-state index in [2.05, 4.69) is 15.3 Å². The van der Waals surface area contributed by atoms with Crippen LogP contribution >= 0.6 is 0 Å². The van der Waals surface area contributed by atoms with Gasteiger partial charge in [-0.05, 0) is 25.8 Å². The normalized spacial score (nSPS) is 23.1. The van der Waals surface area contributed by atoms with Crippen molar-refractivity contribution in [1.29, 1.82) is 0 Å². The average Bonchev–Trinajstić information content (AvgIpc) is 2.50. The third-order valence-corrected chi connectivity index (χ3v) is 4.47. The van der Waals surface area contributed by atoms with Gasteiger partial charge in [-0.2, -0.15) is 0 Å². The lowest BCUT2D eigenvalue weighted by atomic mass is 9.79. The van der Waals surface area contributed by atoms with Crippen LogP contribution < -0.4 is 16.6 Å². The van der Waals surface area contributed by atoms with Gasteiger partial charge in [-0.1, -0.05) is 6.42 Å². The summed E-state index contributed by atoms with van der Waals surface area (Å²) in [6.45, 7) is 1.32. The molecule has 1 amide bonds. The summed E-state index contributed by atoms with van der Waals surface area (Å²) in [7, 11) is 0. The molecule has 0 aliphatic heterocycles. The molecule has 2 aromatic rings. The van der Waals surface area contributed by atoms with Crippen molar-refractivity contribution in [1.82, 2.24) is 20.3 Å². The Bertz CT molecular complexity index is 921. The van der Waals surface area contributed by atoms with E-state index in [-0.39, 0.29) is 29.4 Å². The maximum atomic E-state index is 14.2. The van der Waals surface area contributed by atoms with Gasteiger partial charge in [0.05, 0.1) is 10.9 Å². The second kappa shape index (κ2) is 5.50. The molecule has 1 saturated carbocycles. The molecule has 9 heteroatoms. The van der Waals surface area contributed by atoms with E-state index >= 15 is 0 Å². The summed E-state index contributed by atoms with van der Waals surface area (Å²) >= 11 is 0. The fourth-order valence-corrected chi connectivity index (χ4v) is 2.93. The van der Waals surface area contributed by atoms with E-state index in [0.29, 0.717) is 12.8 Å². The smallest absolute Gasteiger partial charge is 0.327 e. The highest BCUT2D eigenvalue weighted by Crippen LogP contribution is 2.41. The lowest BCUT2D eigenvalue weighted by molar-refractivity contribution is -0.105. The van der Waals surface area contributed by atoms with Crippen LogP contribution in [0.1, 0.15) is 43.0 Å². The van der Waals surface area contributed by atoms with Crippen LogP contribution in [0.15, 0.2) is 21.9 Å². The van der Waals surface area contributed by atoms with Gasteiger partial charge < -0.3 is 5.32 Å². The zero-order chi connectivity index (χ0) is 17.5. The predicted octanol–water partition coefficient (Wildman–Crippen LogP) is 1.31. The first-order valence-corrected chi connectivity index (χ1v) is 7.55. The van der Waals surface area contributed by atoms with E-state index in [0.717, 1.165) is 6.20 Å². The predicted molar refractivity (Wildman–Crippen MR) is 82.3 cm³/mol. The molecule has 1 aliphatic carbocycles. The lowest BCUT2D eigenvalue weighted by Crippen LogP contribution is -2.59. The van der Waals surface area contributed by atoms with E-state index in [1.807, 2.05) is 4.98 Å². The number of rotatable bonds is 2. The quantitative estimate of drug-likeness (QED) is 0.767. The van der Waals surface area contributed by atoms with E-state index in [1.165, 1.54) is 13.0 Å². The van der Waals surface area contributed by atoms with Crippen molar-refractivity contribution in [3.05, 3.63) is 38.7 Å². The Labute approximate surface area is 134 Å². The molecule has 2 aromatic heterocycles. The molecule has 0 aromatic carbocycles. The number of carbonyl (C=O) groups is 1. The number of pyridine rings is 1. The SMILES string of the molecule is CC1(NC(=O)c2cnc3[nH]c(=O)[nH]c(=O)c3c2)CCCCC1(F)F. The Morgan fingerprint density at radius 1 is 1.25 bits per heavy atom. The van der Waals surface area contributed by atoms with Crippen LogP contribution in [-0.4, -0.2) is 32.3 Å². The standard InChI is InChI=1S/C15H16F2N4O3/c1-14(4-2-3-5-15(14,16)17)21-11(22)8-6-9-10(18-7-8)19-13(24)20-12(9)23/h6-7H,2-5H2,1H3,(H,21,22)(H2,18,19,20,23,24). The average molecular weight is 338 g/mol. The third-order valence-electron chi connectivity index (χ3n) is 4.47. The molecular formula is C15H16F2N4O3. The number of carbonyl (C=O) groups excluding carboxylic acids is 1.